The second-order valence-electron chi connectivity index (χ2n) is 5.80. The van der Waals surface area contributed by atoms with Crippen LogP contribution in [0.2, 0.25) is 0 Å². The summed E-state index contributed by atoms with van der Waals surface area (Å²) in [6.45, 7) is 3.26. The lowest BCUT2D eigenvalue weighted by Gasteiger charge is -2.07. The Hall–Kier alpha value is -1.86. The van der Waals surface area contributed by atoms with Gasteiger partial charge in [-0.05, 0) is 36.0 Å². The largest absolute Gasteiger partial charge is 0.310 e. The van der Waals surface area contributed by atoms with Gasteiger partial charge in [-0.2, -0.15) is 0 Å². The first kappa shape index (κ1) is 14.1. The number of nitrogens with one attached hydrogen (secondary N) is 1. The summed E-state index contributed by atoms with van der Waals surface area (Å²) in [4.78, 5) is 0. The van der Waals surface area contributed by atoms with Crippen molar-refractivity contribution >= 4 is 6.08 Å². The van der Waals surface area contributed by atoms with Crippen LogP contribution < -0.4 is 5.32 Å². The third-order valence-electron chi connectivity index (χ3n) is 4.04. The predicted octanol–water partition coefficient (Wildman–Crippen LogP) is 4.90. The Balaban J connectivity index is 1.70. The van der Waals surface area contributed by atoms with Crippen molar-refractivity contribution in [2.24, 2.45) is 0 Å². The van der Waals surface area contributed by atoms with Gasteiger partial charge in [0.15, 0.2) is 0 Å². The predicted molar refractivity (Wildman–Crippen MR) is 91.2 cm³/mol. The SMILES string of the molecule is CCC(=Cc1ccc(-c2ccccc2)cc1)CNC1CC1. The fourth-order valence-corrected chi connectivity index (χ4v) is 2.48. The molecule has 108 valence electrons. The molecular weight excluding hydrogens is 254 g/mol. The topological polar surface area (TPSA) is 12.0 Å². The molecule has 2 aromatic carbocycles. The highest BCUT2D eigenvalue weighted by Gasteiger charge is 2.19. The highest BCUT2D eigenvalue weighted by molar-refractivity contribution is 5.66. The zero-order valence-electron chi connectivity index (χ0n) is 12.7. The van der Waals surface area contributed by atoms with Gasteiger partial charge in [-0.3, -0.25) is 0 Å². The van der Waals surface area contributed by atoms with Crippen molar-refractivity contribution in [3.05, 3.63) is 65.7 Å². The fraction of sp³-hybridized carbons (Fsp3) is 0.300. The molecule has 0 saturated heterocycles. The van der Waals surface area contributed by atoms with Gasteiger partial charge in [0.1, 0.15) is 0 Å². The lowest BCUT2D eigenvalue weighted by Crippen LogP contribution is -2.18. The Kier molecular flexibility index (Phi) is 4.52. The molecule has 0 bridgehead atoms. The van der Waals surface area contributed by atoms with Crippen molar-refractivity contribution in [2.45, 2.75) is 32.2 Å². The number of benzene rings is 2. The first-order chi connectivity index (χ1) is 10.3. The van der Waals surface area contributed by atoms with Gasteiger partial charge in [0.2, 0.25) is 0 Å². The van der Waals surface area contributed by atoms with Gasteiger partial charge >= 0.3 is 0 Å². The van der Waals surface area contributed by atoms with Crippen LogP contribution in [0.3, 0.4) is 0 Å². The Morgan fingerprint density at radius 2 is 1.67 bits per heavy atom. The zero-order chi connectivity index (χ0) is 14.5. The van der Waals surface area contributed by atoms with Gasteiger partial charge in [0, 0.05) is 12.6 Å². The maximum atomic E-state index is 3.60. The van der Waals surface area contributed by atoms with Gasteiger partial charge in [-0.15, -0.1) is 0 Å². The summed E-state index contributed by atoms with van der Waals surface area (Å²) in [6.07, 6.45) is 6.13. The van der Waals surface area contributed by atoms with Gasteiger partial charge < -0.3 is 5.32 Å². The van der Waals surface area contributed by atoms with Gasteiger partial charge in [0.05, 0.1) is 0 Å². The lowest BCUT2D eigenvalue weighted by molar-refractivity contribution is 0.723. The van der Waals surface area contributed by atoms with Crippen LogP contribution in [0.25, 0.3) is 17.2 Å². The summed E-state index contributed by atoms with van der Waals surface area (Å²) in [7, 11) is 0. The van der Waals surface area contributed by atoms with Crippen LogP contribution in [0.5, 0.6) is 0 Å². The molecule has 0 aliphatic heterocycles. The monoisotopic (exact) mass is 277 g/mol. The van der Waals surface area contributed by atoms with E-state index in [1.165, 1.54) is 35.1 Å². The summed E-state index contributed by atoms with van der Waals surface area (Å²) >= 11 is 0. The van der Waals surface area contributed by atoms with Crippen molar-refractivity contribution in [1.82, 2.24) is 5.32 Å². The second-order valence-corrected chi connectivity index (χ2v) is 5.80. The maximum absolute atomic E-state index is 3.60. The second kappa shape index (κ2) is 6.73. The van der Waals surface area contributed by atoms with Crippen molar-refractivity contribution in [2.75, 3.05) is 6.54 Å². The third kappa shape index (κ3) is 4.05. The molecule has 1 nitrogen and oxygen atoms in total. The lowest BCUT2D eigenvalue weighted by atomic mass is 10.0. The average Bonchev–Trinajstić information content (AvgIpc) is 3.37. The zero-order valence-corrected chi connectivity index (χ0v) is 12.7. The van der Waals surface area contributed by atoms with Gasteiger partial charge in [-0.1, -0.05) is 73.2 Å². The minimum atomic E-state index is 0.778. The number of hydrogen-bond donors (Lipinski definition) is 1. The van der Waals surface area contributed by atoms with E-state index in [9.17, 15) is 0 Å². The summed E-state index contributed by atoms with van der Waals surface area (Å²) in [5.74, 6) is 0. The molecule has 0 unspecified atom stereocenters. The molecule has 3 rings (SSSR count). The van der Waals surface area contributed by atoms with Crippen LogP contribution in [-0.4, -0.2) is 12.6 Å². The molecule has 0 spiro atoms. The molecule has 2 aromatic rings. The van der Waals surface area contributed by atoms with E-state index in [0.717, 1.165) is 19.0 Å². The average molecular weight is 277 g/mol. The summed E-state index contributed by atoms with van der Waals surface area (Å²) in [5.41, 5.74) is 5.33. The molecule has 1 heteroatoms. The van der Waals surface area contributed by atoms with Crippen molar-refractivity contribution in [3.8, 4) is 11.1 Å². The minimum absolute atomic E-state index is 0.778. The molecule has 0 atom stereocenters. The highest BCUT2D eigenvalue weighted by Crippen LogP contribution is 2.21. The van der Waals surface area contributed by atoms with Crippen molar-refractivity contribution in [1.29, 1.82) is 0 Å². The number of rotatable bonds is 6. The van der Waals surface area contributed by atoms with E-state index in [1.807, 2.05) is 0 Å². The summed E-state index contributed by atoms with van der Waals surface area (Å²) < 4.78 is 0. The molecule has 0 radical (unpaired) electrons. The van der Waals surface area contributed by atoms with Crippen LogP contribution in [0, 0.1) is 0 Å². The smallest absolute Gasteiger partial charge is 0.0170 e. The maximum Gasteiger partial charge on any atom is 0.0170 e. The first-order valence-corrected chi connectivity index (χ1v) is 7.93. The number of hydrogen-bond acceptors (Lipinski definition) is 1. The fourth-order valence-electron chi connectivity index (χ4n) is 2.48. The Morgan fingerprint density at radius 1 is 1.00 bits per heavy atom. The summed E-state index contributed by atoms with van der Waals surface area (Å²) in [6, 6.07) is 20.2. The molecular formula is C20H23N. The van der Waals surface area contributed by atoms with Crippen LogP contribution in [0.1, 0.15) is 31.7 Å². The molecule has 1 N–H and O–H groups in total. The van der Waals surface area contributed by atoms with E-state index in [2.05, 4.69) is 72.9 Å². The van der Waals surface area contributed by atoms with E-state index in [-0.39, 0.29) is 0 Å². The molecule has 1 saturated carbocycles. The van der Waals surface area contributed by atoms with Gasteiger partial charge in [-0.25, -0.2) is 0 Å². The third-order valence-corrected chi connectivity index (χ3v) is 4.04. The van der Waals surface area contributed by atoms with E-state index in [4.69, 9.17) is 0 Å². The molecule has 1 fully saturated rings. The van der Waals surface area contributed by atoms with E-state index in [1.54, 1.807) is 0 Å². The molecule has 0 amide bonds. The van der Waals surface area contributed by atoms with E-state index >= 15 is 0 Å². The van der Waals surface area contributed by atoms with Crippen LogP contribution in [0.4, 0.5) is 0 Å². The standard InChI is InChI=1S/C20H23N/c1-2-16(15-21-20-12-13-20)14-17-8-10-19(11-9-17)18-6-4-3-5-7-18/h3-11,14,20-21H,2,12-13,15H2,1H3. The Bertz CT molecular complexity index is 591. The molecule has 0 heterocycles. The van der Waals surface area contributed by atoms with E-state index < -0.39 is 0 Å². The first-order valence-electron chi connectivity index (χ1n) is 7.93. The van der Waals surface area contributed by atoms with Crippen LogP contribution in [0.15, 0.2) is 60.2 Å². The van der Waals surface area contributed by atoms with E-state index in [0.29, 0.717) is 0 Å². The quantitative estimate of drug-likeness (QED) is 0.792. The normalized spacial score (nSPS) is 15.2. The van der Waals surface area contributed by atoms with Crippen LogP contribution in [-0.2, 0) is 0 Å². The van der Waals surface area contributed by atoms with Crippen molar-refractivity contribution in [3.63, 3.8) is 0 Å². The molecule has 1 aliphatic carbocycles. The Labute approximate surface area is 127 Å². The summed E-state index contributed by atoms with van der Waals surface area (Å²) in [5, 5.41) is 3.60. The minimum Gasteiger partial charge on any atom is -0.310 e. The Morgan fingerprint density at radius 3 is 2.29 bits per heavy atom. The molecule has 0 aromatic heterocycles. The van der Waals surface area contributed by atoms with Gasteiger partial charge in [0.25, 0.3) is 0 Å². The van der Waals surface area contributed by atoms with Crippen molar-refractivity contribution < 1.29 is 0 Å². The van der Waals surface area contributed by atoms with Crippen LogP contribution >= 0.6 is 0 Å². The molecule has 1 aliphatic rings. The molecule has 21 heavy (non-hydrogen) atoms. The highest BCUT2D eigenvalue weighted by atomic mass is 14.9.